The molecule has 19 heavy (non-hydrogen) atoms. The molecule has 0 fully saturated rings. The summed E-state index contributed by atoms with van der Waals surface area (Å²) in [5.41, 5.74) is 6.47. The van der Waals surface area contributed by atoms with Crippen molar-refractivity contribution in [2.75, 3.05) is 44.4 Å². The Morgan fingerprint density at radius 3 is 2.00 bits per heavy atom. The van der Waals surface area contributed by atoms with Gasteiger partial charge in [-0.25, -0.2) is 9.97 Å². The lowest BCUT2D eigenvalue weighted by Crippen LogP contribution is -2.32. The molecule has 0 atom stereocenters. The Morgan fingerprint density at radius 2 is 1.58 bits per heavy atom. The van der Waals surface area contributed by atoms with E-state index in [0.717, 1.165) is 18.7 Å². The highest BCUT2D eigenvalue weighted by Crippen LogP contribution is 2.06. The summed E-state index contributed by atoms with van der Waals surface area (Å²) in [4.78, 5) is 10.7. The molecule has 0 radical (unpaired) electrons. The molecule has 0 unspecified atom stereocenters. The SMILES string of the molecule is CCOCCN(CCOCC)c1ncc(CN)cn1. The van der Waals surface area contributed by atoms with E-state index in [1.165, 1.54) is 0 Å². The van der Waals surface area contributed by atoms with Crippen molar-refractivity contribution < 1.29 is 9.47 Å². The van der Waals surface area contributed by atoms with Gasteiger partial charge in [0.05, 0.1) is 13.2 Å². The van der Waals surface area contributed by atoms with Crippen molar-refractivity contribution in [1.29, 1.82) is 0 Å². The third kappa shape index (κ3) is 5.96. The van der Waals surface area contributed by atoms with E-state index < -0.39 is 0 Å². The van der Waals surface area contributed by atoms with Gasteiger partial charge in [0.2, 0.25) is 5.95 Å². The zero-order valence-electron chi connectivity index (χ0n) is 11.8. The Labute approximate surface area is 114 Å². The highest BCUT2D eigenvalue weighted by Gasteiger charge is 2.09. The second-order valence-electron chi connectivity index (χ2n) is 3.98. The molecule has 0 amide bonds. The van der Waals surface area contributed by atoms with Crippen LogP contribution >= 0.6 is 0 Å². The van der Waals surface area contributed by atoms with Crippen LogP contribution in [0.4, 0.5) is 5.95 Å². The number of nitrogens with two attached hydrogens (primary N) is 1. The minimum atomic E-state index is 0.457. The van der Waals surface area contributed by atoms with E-state index in [9.17, 15) is 0 Å². The van der Waals surface area contributed by atoms with E-state index in [1.807, 2.05) is 13.8 Å². The zero-order valence-corrected chi connectivity index (χ0v) is 11.8. The number of ether oxygens (including phenoxy) is 2. The molecule has 0 aliphatic rings. The molecule has 0 saturated heterocycles. The molecule has 0 bridgehead atoms. The molecule has 0 spiro atoms. The van der Waals surface area contributed by atoms with Gasteiger partial charge in [-0.3, -0.25) is 0 Å². The number of aromatic nitrogens is 2. The van der Waals surface area contributed by atoms with Crippen LogP contribution in [0.3, 0.4) is 0 Å². The second kappa shape index (κ2) is 9.66. The predicted octanol–water partition coefficient (Wildman–Crippen LogP) is 0.815. The lowest BCUT2D eigenvalue weighted by atomic mass is 10.3. The van der Waals surface area contributed by atoms with Gasteiger partial charge in [0.15, 0.2) is 0 Å². The van der Waals surface area contributed by atoms with Gasteiger partial charge in [-0.2, -0.15) is 0 Å². The maximum Gasteiger partial charge on any atom is 0.225 e. The van der Waals surface area contributed by atoms with Crippen molar-refractivity contribution in [3.63, 3.8) is 0 Å². The Bertz CT molecular complexity index is 322. The van der Waals surface area contributed by atoms with Gasteiger partial charge in [-0.1, -0.05) is 0 Å². The van der Waals surface area contributed by atoms with Gasteiger partial charge < -0.3 is 20.1 Å². The van der Waals surface area contributed by atoms with E-state index in [1.54, 1.807) is 12.4 Å². The Kier molecular flexibility index (Phi) is 8.04. The van der Waals surface area contributed by atoms with Crippen molar-refractivity contribution in [2.45, 2.75) is 20.4 Å². The first kappa shape index (κ1) is 15.8. The normalized spacial score (nSPS) is 10.7. The van der Waals surface area contributed by atoms with Crippen LogP contribution in [0, 0.1) is 0 Å². The molecule has 1 aromatic rings. The van der Waals surface area contributed by atoms with Crippen LogP contribution in [0.25, 0.3) is 0 Å². The number of anilines is 1. The average Bonchev–Trinajstić information content (AvgIpc) is 2.46. The quantitative estimate of drug-likeness (QED) is 0.633. The van der Waals surface area contributed by atoms with Gasteiger partial charge in [-0.05, 0) is 13.8 Å². The fourth-order valence-electron chi connectivity index (χ4n) is 1.57. The smallest absolute Gasteiger partial charge is 0.225 e. The minimum absolute atomic E-state index is 0.457. The zero-order chi connectivity index (χ0) is 13.9. The molecule has 0 aliphatic heterocycles. The fraction of sp³-hybridized carbons (Fsp3) is 0.692. The summed E-state index contributed by atoms with van der Waals surface area (Å²) in [5, 5.41) is 0. The summed E-state index contributed by atoms with van der Waals surface area (Å²) in [6.45, 7) is 8.67. The monoisotopic (exact) mass is 268 g/mol. The third-order valence-electron chi connectivity index (χ3n) is 2.63. The van der Waals surface area contributed by atoms with Gasteiger partial charge in [-0.15, -0.1) is 0 Å². The first-order valence-electron chi connectivity index (χ1n) is 6.73. The number of hydrogen-bond donors (Lipinski definition) is 1. The minimum Gasteiger partial charge on any atom is -0.380 e. The van der Waals surface area contributed by atoms with Crippen LogP contribution in [0.1, 0.15) is 19.4 Å². The third-order valence-corrected chi connectivity index (χ3v) is 2.63. The molecule has 1 heterocycles. The highest BCUT2D eigenvalue weighted by molar-refractivity contribution is 5.29. The maximum atomic E-state index is 5.54. The molecule has 0 saturated carbocycles. The van der Waals surface area contributed by atoms with Crippen LogP contribution in [-0.2, 0) is 16.0 Å². The van der Waals surface area contributed by atoms with Gasteiger partial charge in [0, 0.05) is 50.8 Å². The lowest BCUT2D eigenvalue weighted by Gasteiger charge is -2.22. The number of hydrogen-bond acceptors (Lipinski definition) is 6. The molecule has 0 aromatic carbocycles. The van der Waals surface area contributed by atoms with Crippen LogP contribution in [0.5, 0.6) is 0 Å². The van der Waals surface area contributed by atoms with Crippen molar-refractivity contribution in [3.05, 3.63) is 18.0 Å². The van der Waals surface area contributed by atoms with Crippen molar-refractivity contribution in [2.24, 2.45) is 5.73 Å². The van der Waals surface area contributed by atoms with Gasteiger partial charge >= 0.3 is 0 Å². The van der Waals surface area contributed by atoms with Crippen LogP contribution in [0.15, 0.2) is 12.4 Å². The Hall–Kier alpha value is -1.24. The summed E-state index contributed by atoms with van der Waals surface area (Å²) in [6, 6.07) is 0. The largest absolute Gasteiger partial charge is 0.380 e. The fourth-order valence-corrected chi connectivity index (χ4v) is 1.57. The molecule has 6 heteroatoms. The maximum absolute atomic E-state index is 5.54. The first-order valence-corrected chi connectivity index (χ1v) is 6.73. The molecule has 1 rings (SSSR count). The molecule has 1 aromatic heterocycles. The van der Waals surface area contributed by atoms with Gasteiger partial charge in [0.25, 0.3) is 0 Å². The summed E-state index contributed by atoms with van der Waals surface area (Å²) in [7, 11) is 0. The molecular weight excluding hydrogens is 244 g/mol. The standard InChI is InChI=1S/C13H24N4O2/c1-3-18-7-5-17(6-8-19-4-2)13-15-10-12(9-14)11-16-13/h10-11H,3-9,14H2,1-2H3. The molecule has 0 aliphatic carbocycles. The van der Waals surface area contributed by atoms with E-state index in [0.29, 0.717) is 38.9 Å². The molecule has 108 valence electrons. The topological polar surface area (TPSA) is 73.5 Å². The Morgan fingerprint density at radius 1 is 1.05 bits per heavy atom. The first-order chi connectivity index (χ1) is 9.31. The molecular formula is C13H24N4O2. The van der Waals surface area contributed by atoms with Crippen molar-refractivity contribution in [3.8, 4) is 0 Å². The van der Waals surface area contributed by atoms with Crippen LogP contribution in [-0.4, -0.2) is 49.5 Å². The summed E-state index contributed by atoms with van der Waals surface area (Å²) >= 11 is 0. The summed E-state index contributed by atoms with van der Waals surface area (Å²) < 4.78 is 10.8. The molecule has 6 nitrogen and oxygen atoms in total. The summed E-state index contributed by atoms with van der Waals surface area (Å²) in [5.74, 6) is 0.691. The lowest BCUT2D eigenvalue weighted by molar-refractivity contribution is 0.141. The average molecular weight is 268 g/mol. The Balaban J connectivity index is 2.58. The van der Waals surface area contributed by atoms with E-state index in [4.69, 9.17) is 15.2 Å². The second-order valence-corrected chi connectivity index (χ2v) is 3.98. The number of nitrogens with zero attached hydrogens (tertiary/aromatic N) is 3. The van der Waals surface area contributed by atoms with Crippen molar-refractivity contribution in [1.82, 2.24) is 9.97 Å². The van der Waals surface area contributed by atoms with Gasteiger partial charge in [0.1, 0.15) is 0 Å². The highest BCUT2D eigenvalue weighted by atomic mass is 16.5. The van der Waals surface area contributed by atoms with Crippen LogP contribution in [0.2, 0.25) is 0 Å². The predicted molar refractivity (Wildman–Crippen MR) is 75.1 cm³/mol. The van der Waals surface area contributed by atoms with Crippen molar-refractivity contribution >= 4 is 5.95 Å². The number of rotatable bonds is 10. The molecule has 2 N–H and O–H groups in total. The van der Waals surface area contributed by atoms with E-state index in [-0.39, 0.29) is 0 Å². The van der Waals surface area contributed by atoms with E-state index in [2.05, 4.69) is 14.9 Å². The summed E-state index contributed by atoms with van der Waals surface area (Å²) in [6.07, 6.45) is 3.52. The van der Waals surface area contributed by atoms with E-state index >= 15 is 0 Å². The van der Waals surface area contributed by atoms with Crippen LogP contribution < -0.4 is 10.6 Å².